The minimum atomic E-state index is -0.889. The molecule has 1 aromatic carbocycles. The maximum atomic E-state index is 11.2. The van der Waals surface area contributed by atoms with Crippen LogP contribution in [0.25, 0.3) is 0 Å². The third-order valence-electron chi connectivity index (χ3n) is 2.22. The van der Waals surface area contributed by atoms with Crippen molar-refractivity contribution in [2.45, 2.75) is 20.0 Å². The van der Waals surface area contributed by atoms with Crippen LogP contribution in [0.2, 0.25) is 0 Å². The van der Waals surface area contributed by atoms with Crippen molar-refractivity contribution in [3.05, 3.63) is 33.9 Å². The quantitative estimate of drug-likeness (QED) is 0.455. The Bertz CT molecular complexity index is 443. The van der Waals surface area contributed by atoms with Gasteiger partial charge in [0.25, 0.3) is 0 Å². The number of nitrogens with zero attached hydrogens (tertiary/aromatic N) is 1. The molecule has 0 heterocycles. The summed E-state index contributed by atoms with van der Waals surface area (Å²) in [7, 11) is 1.23. The summed E-state index contributed by atoms with van der Waals surface area (Å²) in [4.78, 5) is 21.4. The molecule has 1 atom stereocenters. The molecule has 17 heavy (non-hydrogen) atoms. The van der Waals surface area contributed by atoms with Gasteiger partial charge in [-0.25, -0.2) is 4.79 Å². The second-order valence-corrected chi connectivity index (χ2v) is 3.46. The van der Waals surface area contributed by atoms with Crippen LogP contribution in [0.5, 0.6) is 5.75 Å². The van der Waals surface area contributed by atoms with E-state index in [-0.39, 0.29) is 11.4 Å². The highest BCUT2D eigenvalue weighted by Crippen LogP contribution is 2.31. The van der Waals surface area contributed by atoms with Gasteiger partial charge in [-0.2, -0.15) is 0 Å². The highest BCUT2D eigenvalue weighted by Gasteiger charge is 2.22. The van der Waals surface area contributed by atoms with Crippen molar-refractivity contribution in [1.82, 2.24) is 0 Å². The van der Waals surface area contributed by atoms with Crippen molar-refractivity contribution in [3.8, 4) is 5.75 Å². The topological polar surface area (TPSA) is 78.7 Å². The first-order valence-electron chi connectivity index (χ1n) is 4.96. The van der Waals surface area contributed by atoms with Crippen molar-refractivity contribution < 1.29 is 19.2 Å². The molecule has 92 valence electrons. The Kier molecular flexibility index (Phi) is 4.03. The predicted molar refractivity (Wildman–Crippen MR) is 59.9 cm³/mol. The molecule has 0 unspecified atom stereocenters. The summed E-state index contributed by atoms with van der Waals surface area (Å²) in [5.41, 5.74) is 0.427. The first-order chi connectivity index (χ1) is 7.97. The van der Waals surface area contributed by atoms with Crippen LogP contribution in [-0.2, 0) is 9.53 Å². The first-order valence-corrected chi connectivity index (χ1v) is 4.96. The fourth-order valence-electron chi connectivity index (χ4n) is 1.32. The minimum absolute atomic E-state index is 0.0930. The van der Waals surface area contributed by atoms with E-state index in [0.29, 0.717) is 5.56 Å². The van der Waals surface area contributed by atoms with E-state index in [1.807, 2.05) is 0 Å². The normalized spacial score (nSPS) is 11.7. The lowest BCUT2D eigenvalue weighted by Gasteiger charge is -2.14. The molecule has 0 saturated heterocycles. The number of para-hydroxylation sites is 1. The Balaban J connectivity index is 3.05. The van der Waals surface area contributed by atoms with Gasteiger partial charge in [-0.15, -0.1) is 0 Å². The van der Waals surface area contributed by atoms with Gasteiger partial charge in [0.2, 0.25) is 5.75 Å². The smallest absolute Gasteiger partial charge is 0.346 e. The van der Waals surface area contributed by atoms with E-state index < -0.39 is 17.0 Å². The minimum Gasteiger partial charge on any atom is -0.472 e. The van der Waals surface area contributed by atoms with E-state index in [4.69, 9.17) is 4.74 Å². The van der Waals surface area contributed by atoms with Crippen LogP contribution in [-0.4, -0.2) is 24.1 Å². The Morgan fingerprint density at radius 1 is 1.47 bits per heavy atom. The van der Waals surface area contributed by atoms with Crippen LogP contribution < -0.4 is 4.74 Å². The number of nitro groups is 1. The number of ether oxygens (including phenoxy) is 2. The van der Waals surface area contributed by atoms with Crippen LogP contribution in [0.15, 0.2) is 18.2 Å². The lowest BCUT2D eigenvalue weighted by atomic mass is 10.2. The average Bonchev–Trinajstić information content (AvgIpc) is 2.30. The Morgan fingerprint density at radius 2 is 2.12 bits per heavy atom. The van der Waals surface area contributed by atoms with Gasteiger partial charge < -0.3 is 9.47 Å². The number of hydrogen-bond acceptors (Lipinski definition) is 5. The van der Waals surface area contributed by atoms with Crippen molar-refractivity contribution in [2.75, 3.05) is 7.11 Å². The first kappa shape index (κ1) is 13.0. The maximum Gasteiger partial charge on any atom is 0.346 e. The SMILES string of the molecule is COC(=O)[C@@H](C)Oc1c(C)cccc1[N+](=O)[O-]. The predicted octanol–water partition coefficient (Wildman–Crippen LogP) is 1.84. The molecule has 0 radical (unpaired) electrons. The van der Waals surface area contributed by atoms with Crippen LogP contribution in [0.1, 0.15) is 12.5 Å². The molecule has 0 amide bonds. The maximum absolute atomic E-state index is 11.2. The number of benzene rings is 1. The summed E-state index contributed by atoms with van der Waals surface area (Å²) in [6.07, 6.45) is -0.889. The van der Waals surface area contributed by atoms with Gasteiger partial charge in [-0.05, 0) is 19.4 Å². The molecule has 0 spiro atoms. The van der Waals surface area contributed by atoms with Gasteiger partial charge in [0.15, 0.2) is 6.10 Å². The molecule has 0 bridgehead atoms. The summed E-state index contributed by atoms with van der Waals surface area (Å²) < 4.78 is 9.76. The fraction of sp³-hybridized carbons (Fsp3) is 0.364. The molecule has 6 heteroatoms. The number of aryl methyl sites for hydroxylation is 1. The number of esters is 1. The zero-order valence-corrected chi connectivity index (χ0v) is 9.80. The third-order valence-corrected chi connectivity index (χ3v) is 2.22. The Labute approximate surface area is 98.3 Å². The third kappa shape index (κ3) is 2.93. The molecule has 0 aromatic heterocycles. The standard InChI is InChI=1S/C11H13NO5/c1-7-5-4-6-9(12(14)15)10(7)17-8(2)11(13)16-3/h4-6,8H,1-3H3/t8-/m1/s1. The molecular weight excluding hydrogens is 226 g/mol. The molecule has 0 aliphatic rings. The number of carbonyl (C=O) groups excluding carboxylic acids is 1. The van der Waals surface area contributed by atoms with Crippen LogP contribution >= 0.6 is 0 Å². The van der Waals surface area contributed by atoms with Crippen LogP contribution in [0, 0.1) is 17.0 Å². The van der Waals surface area contributed by atoms with Crippen molar-refractivity contribution >= 4 is 11.7 Å². The number of carbonyl (C=O) groups is 1. The second-order valence-electron chi connectivity index (χ2n) is 3.46. The Hall–Kier alpha value is -2.11. The molecular formula is C11H13NO5. The average molecular weight is 239 g/mol. The zero-order valence-electron chi connectivity index (χ0n) is 9.80. The molecule has 0 aliphatic heterocycles. The van der Waals surface area contributed by atoms with E-state index in [1.54, 1.807) is 19.1 Å². The second kappa shape index (κ2) is 5.29. The van der Waals surface area contributed by atoms with Crippen molar-refractivity contribution in [2.24, 2.45) is 0 Å². The summed E-state index contributed by atoms with van der Waals surface area (Å²) in [5.74, 6) is -0.488. The molecule has 0 fully saturated rings. The molecule has 1 aromatic rings. The van der Waals surface area contributed by atoms with Crippen LogP contribution in [0.3, 0.4) is 0 Å². The van der Waals surface area contributed by atoms with Gasteiger partial charge in [0.1, 0.15) is 0 Å². The molecule has 0 aliphatic carbocycles. The van der Waals surface area contributed by atoms with Gasteiger partial charge in [-0.1, -0.05) is 12.1 Å². The molecule has 6 nitrogen and oxygen atoms in total. The monoisotopic (exact) mass is 239 g/mol. The zero-order chi connectivity index (χ0) is 13.0. The number of hydrogen-bond donors (Lipinski definition) is 0. The lowest BCUT2D eigenvalue weighted by molar-refractivity contribution is -0.386. The van der Waals surface area contributed by atoms with E-state index >= 15 is 0 Å². The summed E-state index contributed by atoms with van der Waals surface area (Å²) in [6.45, 7) is 3.15. The van der Waals surface area contributed by atoms with E-state index in [9.17, 15) is 14.9 Å². The van der Waals surface area contributed by atoms with Gasteiger partial charge >= 0.3 is 11.7 Å². The largest absolute Gasteiger partial charge is 0.472 e. The van der Waals surface area contributed by atoms with Crippen molar-refractivity contribution in [1.29, 1.82) is 0 Å². The highest BCUT2D eigenvalue weighted by atomic mass is 16.6. The van der Waals surface area contributed by atoms with E-state index in [1.165, 1.54) is 20.1 Å². The van der Waals surface area contributed by atoms with Gasteiger partial charge in [-0.3, -0.25) is 10.1 Å². The van der Waals surface area contributed by atoms with E-state index in [0.717, 1.165) is 0 Å². The number of rotatable bonds is 4. The summed E-state index contributed by atoms with van der Waals surface area (Å²) in [5, 5.41) is 10.8. The lowest BCUT2D eigenvalue weighted by Crippen LogP contribution is -2.25. The number of methoxy groups -OCH3 is 1. The van der Waals surface area contributed by atoms with Crippen LogP contribution in [0.4, 0.5) is 5.69 Å². The summed E-state index contributed by atoms with van der Waals surface area (Å²) >= 11 is 0. The fourth-order valence-corrected chi connectivity index (χ4v) is 1.32. The molecule has 1 rings (SSSR count). The molecule has 0 N–H and O–H groups in total. The summed E-state index contributed by atoms with van der Waals surface area (Å²) in [6, 6.07) is 4.56. The van der Waals surface area contributed by atoms with Gasteiger partial charge in [0.05, 0.1) is 12.0 Å². The highest BCUT2D eigenvalue weighted by molar-refractivity contribution is 5.74. The molecule has 0 saturated carbocycles. The Morgan fingerprint density at radius 3 is 2.65 bits per heavy atom. The van der Waals surface area contributed by atoms with Crippen molar-refractivity contribution in [3.63, 3.8) is 0 Å². The van der Waals surface area contributed by atoms with Gasteiger partial charge in [0, 0.05) is 6.07 Å². The van der Waals surface area contributed by atoms with E-state index in [2.05, 4.69) is 4.74 Å². The number of nitro benzene ring substituents is 1.